The van der Waals surface area contributed by atoms with Crippen LogP contribution >= 0.6 is 0 Å². The van der Waals surface area contributed by atoms with E-state index >= 15 is 0 Å². The lowest BCUT2D eigenvalue weighted by Gasteiger charge is -2.39. The molecular weight excluding hydrogens is 364 g/mol. The molecule has 0 spiro atoms. The number of piperidine rings is 1. The number of carboxylic acids is 4. The molecule has 0 aliphatic carbocycles. The minimum absolute atomic E-state index is 0.195. The van der Waals surface area contributed by atoms with Crippen LogP contribution in [0.4, 0.5) is 0 Å². The van der Waals surface area contributed by atoms with Gasteiger partial charge < -0.3 is 26.2 Å². The Morgan fingerprint density at radius 1 is 0.815 bits per heavy atom. The van der Waals surface area contributed by atoms with Crippen molar-refractivity contribution in [2.24, 2.45) is 5.73 Å². The van der Waals surface area contributed by atoms with Gasteiger partial charge in [0.1, 0.15) is 0 Å². The summed E-state index contributed by atoms with van der Waals surface area (Å²) in [5.41, 5.74) is 4.92. The van der Waals surface area contributed by atoms with Crippen LogP contribution in [-0.4, -0.2) is 74.2 Å². The Kier molecular flexibility index (Phi) is 12.6. The molecule has 1 saturated heterocycles. The summed E-state index contributed by atoms with van der Waals surface area (Å²) in [6.07, 6.45) is 5.43. The van der Waals surface area contributed by atoms with Crippen molar-refractivity contribution in [1.82, 2.24) is 4.90 Å². The third-order valence-corrected chi connectivity index (χ3v) is 3.52. The highest BCUT2D eigenvalue weighted by molar-refractivity contribution is 5.90. The molecule has 1 unspecified atom stereocenters. The number of aliphatic carboxylic acids is 4. The van der Waals surface area contributed by atoms with Crippen LogP contribution in [0.3, 0.4) is 0 Å². The standard InChI is InChI=1S/C8H16N2O.2C4H4O4/c1-8(7(9)11)5-3-4-6-10(8)2;2*5-3(6)1-2-4(7)8/h3-6H2,1-2H3,(H2,9,11);2*1-2H,(H,5,6)(H,7,8). The molecule has 152 valence electrons. The predicted molar refractivity (Wildman–Crippen MR) is 92.9 cm³/mol. The van der Waals surface area contributed by atoms with Crippen LogP contribution in [0.25, 0.3) is 0 Å². The number of likely N-dealkylation sites (tertiary alicyclic amines) is 1. The number of nitrogens with two attached hydrogens (primary N) is 1. The van der Waals surface area contributed by atoms with Crippen LogP contribution < -0.4 is 5.73 Å². The van der Waals surface area contributed by atoms with Gasteiger partial charge in [-0.25, -0.2) is 19.2 Å². The van der Waals surface area contributed by atoms with E-state index < -0.39 is 29.4 Å². The molecule has 0 saturated carbocycles. The fourth-order valence-corrected chi connectivity index (χ4v) is 1.85. The molecule has 0 bridgehead atoms. The van der Waals surface area contributed by atoms with E-state index in [1.807, 2.05) is 14.0 Å². The van der Waals surface area contributed by atoms with E-state index in [-0.39, 0.29) is 5.91 Å². The van der Waals surface area contributed by atoms with Crippen LogP contribution in [0.15, 0.2) is 24.3 Å². The lowest BCUT2D eigenvalue weighted by Crippen LogP contribution is -2.55. The number of rotatable bonds is 5. The first-order valence-corrected chi connectivity index (χ1v) is 7.62. The first-order valence-electron chi connectivity index (χ1n) is 7.62. The number of hydrogen-bond donors (Lipinski definition) is 5. The fraction of sp³-hybridized carbons (Fsp3) is 0.438. The topological polar surface area (TPSA) is 196 Å². The second-order valence-corrected chi connectivity index (χ2v) is 5.54. The van der Waals surface area contributed by atoms with Crippen LogP contribution in [0, 0.1) is 0 Å². The zero-order valence-electron chi connectivity index (χ0n) is 15.0. The zero-order chi connectivity index (χ0) is 21.6. The van der Waals surface area contributed by atoms with Gasteiger partial charge in [0, 0.05) is 24.3 Å². The Morgan fingerprint density at radius 2 is 1.15 bits per heavy atom. The van der Waals surface area contributed by atoms with Gasteiger partial charge in [0.2, 0.25) is 5.91 Å². The number of hydrogen-bond acceptors (Lipinski definition) is 6. The van der Waals surface area contributed by atoms with E-state index in [9.17, 15) is 24.0 Å². The smallest absolute Gasteiger partial charge is 0.328 e. The van der Waals surface area contributed by atoms with Crippen molar-refractivity contribution in [3.8, 4) is 0 Å². The molecule has 0 radical (unpaired) electrons. The van der Waals surface area contributed by atoms with Crippen LogP contribution in [0.5, 0.6) is 0 Å². The number of carboxylic acid groups (broad SMARTS) is 4. The molecule has 1 aliphatic rings. The molecule has 1 aliphatic heterocycles. The van der Waals surface area contributed by atoms with E-state index in [4.69, 9.17) is 26.2 Å². The second kappa shape index (κ2) is 13.1. The molecule has 0 aromatic heterocycles. The average Bonchev–Trinajstić information content (AvgIpc) is 2.55. The number of amides is 1. The van der Waals surface area contributed by atoms with E-state index in [0.29, 0.717) is 24.3 Å². The van der Waals surface area contributed by atoms with Gasteiger partial charge >= 0.3 is 23.9 Å². The summed E-state index contributed by atoms with van der Waals surface area (Å²) in [7, 11) is 1.96. The molecule has 1 amide bonds. The maximum absolute atomic E-state index is 11.1. The monoisotopic (exact) mass is 388 g/mol. The van der Waals surface area contributed by atoms with Crippen molar-refractivity contribution in [3.63, 3.8) is 0 Å². The molecule has 11 nitrogen and oxygen atoms in total. The molecule has 1 atom stereocenters. The zero-order valence-corrected chi connectivity index (χ0v) is 15.0. The summed E-state index contributed by atoms with van der Waals surface area (Å²) < 4.78 is 0. The third-order valence-electron chi connectivity index (χ3n) is 3.52. The van der Waals surface area contributed by atoms with E-state index in [1.165, 1.54) is 6.42 Å². The minimum Gasteiger partial charge on any atom is -0.478 e. The van der Waals surface area contributed by atoms with E-state index in [1.54, 1.807) is 0 Å². The van der Waals surface area contributed by atoms with E-state index in [2.05, 4.69) is 4.90 Å². The molecule has 6 N–H and O–H groups in total. The quantitative estimate of drug-likeness (QED) is 0.392. The molecule has 1 fully saturated rings. The first-order chi connectivity index (χ1) is 12.3. The van der Waals surface area contributed by atoms with Gasteiger partial charge in [0.05, 0.1) is 5.54 Å². The summed E-state index contributed by atoms with van der Waals surface area (Å²) in [6.45, 7) is 2.91. The number of primary amides is 1. The van der Waals surface area contributed by atoms with Crippen molar-refractivity contribution in [1.29, 1.82) is 0 Å². The highest BCUT2D eigenvalue weighted by atomic mass is 16.4. The molecule has 27 heavy (non-hydrogen) atoms. The molecule has 0 aromatic carbocycles. The summed E-state index contributed by atoms with van der Waals surface area (Å²) in [6, 6.07) is 0. The maximum atomic E-state index is 11.1. The van der Waals surface area contributed by atoms with Gasteiger partial charge in [-0.1, -0.05) is 0 Å². The Balaban J connectivity index is 0. The largest absolute Gasteiger partial charge is 0.478 e. The van der Waals surface area contributed by atoms with Gasteiger partial charge in [-0.2, -0.15) is 0 Å². The molecular formula is C16H24N2O9. The molecule has 11 heteroatoms. The van der Waals surface area contributed by atoms with Gasteiger partial charge in [0.25, 0.3) is 0 Å². The highest BCUT2D eigenvalue weighted by Crippen LogP contribution is 2.25. The lowest BCUT2D eigenvalue weighted by molar-refractivity contribution is -0.134. The molecule has 1 rings (SSSR count). The van der Waals surface area contributed by atoms with Gasteiger partial charge in [-0.15, -0.1) is 0 Å². The fourth-order valence-electron chi connectivity index (χ4n) is 1.85. The summed E-state index contributed by atoms with van der Waals surface area (Å²) in [4.78, 5) is 51.3. The Hall–Kier alpha value is -3.21. The van der Waals surface area contributed by atoms with Crippen LogP contribution in [0.2, 0.25) is 0 Å². The van der Waals surface area contributed by atoms with E-state index in [0.717, 1.165) is 19.4 Å². The van der Waals surface area contributed by atoms with Crippen molar-refractivity contribution in [2.75, 3.05) is 13.6 Å². The Morgan fingerprint density at radius 3 is 1.33 bits per heavy atom. The SMILES string of the molecule is CN1CCCCC1(C)C(N)=O.O=C(O)C=CC(=O)O.O=C(O)C=CC(=O)O. The average molecular weight is 388 g/mol. The molecule has 0 aromatic rings. The summed E-state index contributed by atoms with van der Waals surface area (Å²) in [5, 5.41) is 31.2. The van der Waals surface area contributed by atoms with Crippen LogP contribution in [0.1, 0.15) is 26.2 Å². The van der Waals surface area contributed by atoms with Crippen molar-refractivity contribution in [2.45, 2.75) is 31.7 Å². The predicted octanol–water partition coefficient (Wildman–Crippen LogP) is -0.230. The first kappa shape index (κ1) is 26.0. The van der Waals surface area contributed by atoms with Crippen molar-refractivity contribution < 1.29 is 44.4 Å². The molecule has 1 heterocycles. The van der Waals surface area contributed by atoms with Gasteiger partial charge in [0.15, 0.2) is 0 Å². The Bertz CT molecular complexity index is 547. The highest BCUT2D eigenvalue weighted by Gasteiger charge is 2.36. The maximum Gasteiger partial charge on any atom is 0.328 e. The number of likely N-dealkylation sites (N-methyl/N-ethyl adjacent to an activating group) is 1. The van der Waals surface area contributed by atoms with Crippen molar-refractivity contribution in [3.05, 3.63) is 24.3 Å². The van der Waals surface area contributed by atoms with Crippen LogP contribution in [-0.2, 0) is 24.0 Å². The third kappa shape index (κ3) is 13.7. The van der Waals surface area contributed by atoms with Gasteiger partial charge in [-0.3, -0.25) is 9.69 Å². The number of nitrogens with zero attached hydrogens (tertiary/aromatic N) is 1. The summed E-state index contributed by atoms with van der Waals surface area (Å²) in [5.74, 6) is -5.22. The minimum atomic E-state index is -1.26. The van der Waals surface area contributed by atoms with Crippen molar-refractivity contribution >= 4 is 29.8 Å². The Labute approximate surface area is 155 Å². The number of carbonyl (C=O) groups excluding carboxylic acids is 1. The summed E-state index contributed by atoms with van der Waals surface area (Å²) >= 11 is 0. The number of carbonyl (C=O) groups is 5. The normalized spacial score (nSPS) is 19.3. The lowest BCUT2D eigenvalue weighted by atomic mass is 9.88. The van der Waals surface area contributed by atoms with Gasteiger partial charge in [-0.05, 0) is 39.8 Å². The second-order valence-electron chi connectivity index (χ2n) is 5.54.